The summed E-state index contributed by atoms with van der Waals surface area (Å²) in [5, 5.41) is 0.665. The van der Waals surface area contributed by atoms with Crippen LogP contribution in [0.5, 0.6) is 0 Å². The molecule has 0 unspecified atom stereocenters. The van der Waals surface area contributed by atoms with Crippen LogP contribution >= 0.6 is 11.3 Å². The Kier molecular flexibility index (Phi) is 3.60. The first kappa shape index (κ1) is 10.4. The molecule has 0 aliphatic carbocycles. The van der Waals surface area contributed by atoms with Crippen LogP contribution < -0.4 is 0 Å². The van der Waals surface area contributed by atoms with E-state index in [4.69, 9.17) is 0 Å². The fourth-order valence-electron chi connectivity index (χ4n) is 1.01. The van der Waals surface area contributed by atoms with Gasteiger partial charge >= 0.3 is 0 Å². The van der Waals surface area contributed by atoms with Crippen LogP contribution in [0.3, 0.4) is 0 Å². The van der Waals surface area contributed by atoms with Crippen LogP contribution in [0.15, 0.2) is 6.20 Å². The summed E-state index contributed by atoms with van der Waals surface area (Å²) in [7, 11) is 0. The van der Waals surface area contributed by atoms with E-state index in [1.54, 1.807) is 6.20 Å². The van der Waals surface area contributed by atoms with E-state index in [9.17, 15) is 4.79 Å². The van der Waals surface area contributed by atoms with Crippen molar-refractivity contribution in [2.24, 2.45) is 5.92 Å². The molecule has 0 atom stereocenters. The summed E-state index contributed by atoms with van der Waals surface area (Å²) in [4.78, 5) is 16.7. The van der Waals surface area contributed by atoms with E-state index in [0.29, 0.717) is 17.3 Å². The molecule has 0 spiro atoms. The lowest BCUT2D eigenvalue weighted by Gasteiger charge is -2.00. The molecule has 0 bridgehead atoms. The predicted molar refractivity (Wildman–Crippen MR) is 55.3 cm³/mol. The number of aryl methyl sites for hydroxylation is 1. The Morgan fingerprint density at radius 3 is 2.77 bits per heavy atom. The summed E-state index contributed by atoms with van der Waals surface area (Å²) in [6.07, 6.45) is 3.34. The van der Waals surface area contributed by atoms with Gasteiger partial charge in [0.2, 0.25) is 0 Å². The first-order valence-electron chi connectivity index (χ1n) is 4.55. The smallest absolute Gasteiger partial charge is 0.191 e. The van der Waals surface area contributed by atoms with E-state index >= 15 is 0 Å². The summed E-state index contributed by atoms with van der Waals surface area (Å²) in [5.74, 6) is 0.775. The third-order valence-electron chi connectivity index (χ3n) is 1.81. The minimum Gasteiger partial charge on any atom is -0.292 e. The Bertz CT molecular complexity index is 291. The summed E-state index contributed by atoms with van der Waals surface area (Å²) < 4.78 is 0. The average Bonchev–Trinajstić information content (AvgIpc) is 2.47. The number of thiazole rings is 1. The monoisotopic (exact) mass is 197 g/mol. The van der Waals surface area contributed by atoms with Gasteiger partial charge in [0.05, 0.1) is 0 Å². The first-order chi connectivity index (χ1) is 6.09. The van der Waals surface area contributed by atoms with E-state index in [-0.39, 0.29) is 5.78 Å². The standard InChI is InChI=1S/C10H15NOS/c1-7(2)4-5-9(12)10-11-6-8(3)13-10/h6-7H,4-5H2,1-3H3. The number of aromatic nitrogens is 1. The molecule has 1 heterocycles. The number of hydrogen-bond donors (Lipinski definition) is 0. The van der Waals surface area contributed by atoms with Crippen LogP contribution in [0.4, 0.5) is 0 Å². The molecule has 72 valence electrons. The van der Waals surface area contributed by atoms with Crippen molar-refractivity contribution in [1.82, 2.24) is 4.98 Å². The molecule has 3 heteroatoms. The molecule has 13 heavy (non-hydrogen) atoms. The molecule has 0 aromatic carbocycles. The largest absolute Gasteiger partial charge is 0.292 e. The highest BCUT2D eigenvalue weighted by molar-refractivity contribution is 7.13. The quantitative estimate of drug-likeness (QED) is 0.694. The minimum atomic E-state index is 0.187. The number of nitrogens with zero attached hydrogens (tertiary/aromatic N) is 1. The third kappa shape index (κ3) is 3.27. The van der Waals surface area contributed by atoms with Crippen molar-refractivity contribution in [3.05, 3.63) is 16.1 Å². The maximum absolute atomic E-state index is 11.5. The Labute approximate surface area is 83.0 Å². The summed E-state index contributed by atoms with van der Waals surface area (Å²) in [6.45, 7) is 6.22. The fourth-order valence-corrected chi connectivity index (χ4v) is 1.74. The first-order valence-corrected chi connectivity index (χ1v) is 5.37. The Balaban J connectivity index is 2.49. The number of Topliss-reactive ketones (excluding diaryl/α,β-unsaturated/α-hetero) is 1. The van der Waals surface area contributed by atoms with E-state index in [1.807, 2.05) is 6.92 Å². The molecule has 0 aliphatic heterocycles. The molecule has 0 radical (unpaired) electrons. The van der Waals surface area contributed by atoms with E-state index in [0.717, 1.165) is 11.3 Å². The molecular weight excluding hydrogens is 182 g/mol. The van der Waals surface area contributed by atoms with Crippen molar-refractivity contribution in [3.8, 4) is 0 Å². The molecular formula is C10H15NOS. The van der Waals surface area contributed by atoms with Crippen molar-refractivity contribution in [1.29, 1.82) is 0 Å². The van der Waals surface area contributed by atoms with Crippen LogP contribution in [0.1, 0.15) is 41.4 Å². The second kappa shape index (κ2) is 4.51. The molecule has 0 fully saturated rings. The van der Waals surface area contributed by atoms with Gasteiger partial charge in [0.25, 0.3) is 0 Å². The normalized spacial score (nSPS) is 10.8. The van der Waals surface area contributed by atoms with Crippen molar-refractivity contribution in [2.45, 2.75) is 33.6 Å². The van der Waals surface area contributed by atoms with Crippen molar-refractivity contribution < 1.29 is 4.79 Å². The van der Waals surface area contributed by atoms with Gasteiger partial charge in [-0.05, 0) is 19.3 Å². The molecule has 0 amide bonds. The Morgan fingerprint density at radius 2 is 2.31 bits per heavy atom. The van der Waals surface area contributed by atoms with E-state index in [1.165, 1.54) is 11.3 Å². The second-order valence-corrected chi connectivity index (χ2v) is 4.87. The van der Waals surface area contributed by atoms with Gasteiger partial charge < -0.3 is 0 Å². The molecule has 1 aromatic heterocycles. The lowest BCUT2D eigenvalue weighted by Crippen LogP contribution is -2.00. The topological polar surface area (TPSA) is 30.0 Å². The maximum Gasteiger partial charge on any atom is 0.191 e. The predicted octanol–water partition coefficient (Wildman–Crippen LogP) is 3.07. The van der Waals surface area contributed by atoms with Crippen LogP contribution in [-0.2, 0) is 0 Å². The SMILES string of the molecule is Cc1cnc(C(=O)CCC(C)C)s1. The lowest BCUT2D eigenvalue weighted by atomic mass is 10.1. The van der Waals surface area contributed by atoms with Crippen LogP contribution in [0.2, 0.25) is 0 Å². The summed E-state index contributed by atoms with van der Waals surface area (Å²) in [5.41, 5.74) is 0. The zero-order valence-electron chi connectivity index (χ0n) is 8.33. The van der Waals surface area contributed by atoms with Gasteiger partial charge in [-0.25, -0.2) is 4.98 Å². The van der Waals surface area contributed by atoms with Gasteiger partial charge in [-0.2, -0.15) is 0 Å². The summed E-state index contributed by atoms with van der Waals surface area (Å²) >= 11 is 1.49. The number of hydrogen-bond acceptors (Lipinski definition) is 3. The maximum atomic E-state index is 11.5. The molecule has 2 nitrogen and oxygen atoms in total. The van der Waals surface area contributed by atoms with Gasteiger partial charge in [0.15, 0.2) is 10.8 Å². The summed E-state index contributed by atoms with van der Waals surface area (Å²) in [6, 6.07) is 0. The van der Waals surface area contributed by atoms with Gasteiger partial charge in [0, 0.05) is 17.5 Å². The molecule has 0 saturated heterocycles. The number of carbonyl (C=O) groups is 1. The number of ketones is 1. The lowest BCUT2D eigenvalue weighted by molar-refractivity contribution is 0.0975. The van der Waals surface area contributed by atoms with Crippen LogP contribution in [0, 0.1) is 12.8 Å². The highest BCUT2D eigenvalue weighted by atomic mass is 32.1. The Hall–Kier alpha value is -0.700. The average molecular weight is 197 g/mol. The van der Waals surface area contributed by atoms with E-state index in [2.05, 4.69) is 18.8 Å². The van der Waals surface area contributed by atoms with Crippen LogP contribution in [0.25, 0.3) is 0 Å². The van der Waals surface area contributed by atoms with Gasteiger partial charge in [-0.1, -0.05) is 13.8 Å². The van der Waals surface area contributed by atoms with E-state index < -0.39 is 0 Å². The van der Waals surface area contributed by atoms with Crippen molar-refractivity contribution in [2.75, 3.05) is 0 Å². The van der Waals surface area contributed by atoms with Gasteiger partial charge in [0.1, 0.15) is 0 Å². The van der Waals surface area contributed by atoms with Crippen molar-refractivity contribution >= 4 is 17.1 Å². The fraction of sp³-hybridized carbons (Fsp3) is 0.600. The van der Waals surface area contributed by atoms with Crippen LogP contribution in [-0.4, -0.2) is 10.8 Å². The zero-order chi connectivity index (χ0) is 9.84. The van der Waals surface area contributed by atoms with Gasteiger partial charge in [-0.3, -0.25) is 4.79 Å². The molecule has 1 aromatic rings. The van der Waals surface area contributed by atoms with Gasteiger partial charge in [-0.15, -0.1) is 11.3 Å². The highest BCUT2D eigenvalue weighted by Gasteiger charge is 2.10. The zero-order valence-corrected chi connectivity index (χ0v) is 9.15. The minimum absolute atomic E-state index is 0.187. The second-order valence-electron chi connectivity index (χ2n) is 3.63. The molecule has 0 N–H and O–H groups in total. The molecule has 0 aliphatic rings. The third-order valence-corrected chi connectivity index (χ3v) is 2.76. The number of carbonyl (C=O) groups excluding carboxylic acids is 1. The van der Waals surface area contributed by atoms with Crippen molar-refractivity contribution in [3.63, 3.8) is 0 Å². The Morgan fingerprint density at radius 1 is 1.62 bits per heavy atom. The molecule has 0 saturated carbocycles. The highest BCUT2D eigenvalue weighted by Crippen LogP contribution is 2.15. The number of rotatable bonds is 4. The molecule has 1 rings (SSSR count).